The molecule has 0 heterocycles. The van der Waals surface area contributed by atoms with Gasteiger partial charge in [0.15, 0.2) is 6.29 Å². The molecule has 18 heavy (non-hydrogen) atoms. The van der Waals surface area contributed by atoms with E-state index in [1.54, 1.807) is 0 Å². The molecule has 0 spiro atoms. The first-order valence-corrected chi connectivity index (χ1v) is 6.00. The van der Waals surface area contributed by atoms with Crippen LogP contribution in [-0.2, 0) is 0 Å². The molecule has 0 aliphatic rings. The van der Waals surface area contributed by atoms with E-state index in [0.717, 1.165) is 17.4 Å². The molecular weight excluding hydrogens is 220 g/mol. The number of benzene rings is 2. The van der Waals surface area contributed by atoms with Crippen molar-refractivity contribution in [3.05, 3.63) is 70.3 Å². The maximum absolute atomic E-state index is 10.9. The summed E-state index contributed by atoms with van der Waals surface area (Å²) in [4.78, 5) is 10.9. The third kappa shape index (κ3) is 2.75. The van der Waals surface area contributed by atoms with Gasteiger partial charge in [-0.15, -0.1) is 0 Å². The minimum atomic E-state index is 0.721. The van der Waals surface area contributed by atoms with Crippen molar-refractivity contribution >= 4 is 18.4 Å². The van der Waals surface area contributed by atoms with Crippen molar-refractivity contribution in [1.29, 1.82) is 0 Å². The van der Waals surface area contributed by atoms with Crippen molar-refractivity contribution in [3.8, 4) is 0 Å². The van der Waals surface area contributed by atoms with Gasteiger partial charge in [0.25, 0.3) is 0 Å². The lowest BCUT2D eigenvalue weighted by Crippen LogP contribution is -1.85. The Morgan fingerprint density at radius 1 is 0.833 bits per heavy atom. The summed E-state index contributed by atoms with van der Waals surface area (Å²) >= 11 is 0. The fraction of sp³-hybridized carbons (Fsp3) is 0.118. The Kier molecular flexibility index (Phi) is 3.73. The first-order valence-electron chi connectivity index (χ1n) is 6.00. The summed E-state index contributed by atoms with van der Waals surface area (Å²) in [5.41, 5.74) is 5.34. The molecule has 2 rings (SSSR count). The minimum Gasteiger partial charge on any atom is -0.298 e. The molecule has 0 N–H and O–H groups in total. The molecule has 90 valence electrons. The van der Waals surface area contributed by atoms with Crippen LogP contribution in [-0.4, -0.2) is 6.29 Å². The van der Waals surface area contributed by atoms with E-state index in [1.807, 2.05) is 30.3 Å². The fourth-order valence-corrected chi connectivity index (χ4v) is 1.89. The van der Waals surface area contributed by atoms with Crippen LogP contribution in [0, 0.1) is 13.8 Å². The lowest BCUT2D eigenvalue weighted by atomic mass is 10.0. The molecule has 0 saturated carbocycles. The van der Waals surface area contributed by atoms with Gasteiger partial charge >= 0.3 is 0 Å². The maximum Gasteiger partial charge on any atom is 0.150 e. The molecule has 0 aliphatic carbocycles. The van der Waals surface area contributed by atoms with Crippen molar-refractivity contribution < 1.29 is 4.79 Å². The zero-order valence-electron chi connectivity index (χ0n) is 10.7. The Morgan fingerprint density at radius 2 is 1.50 bits per heavy atom. The molecule has 0 bridgehead atoms. The van der Waals surface area contributed by atoms with Crippen LogP contribution in [0.3, 0.4) is 0 Å². The van der Waals surface area contributed by atoms with Crippen molar-refractivity contribution in [3.63, 3.8) is 0 Å². The lowest BCUT2D eigenvalue weighted by Gasteiger charge is -2.02. The molecule has 1 nitrogen and oxygen atoms in total. The molecule has 1 heteroatoms. The van der Waals surface area contributed by atoms with Crippen LogP contribution in [0.15, 0.2) is 42.5 Å². The van der Waals surface area contributed by atoms with Crippen LogP contribution < -0.4 is 0 Å². The monoisotopic (exact) mass is 236 g/mol. The molecule has 0 saturated heterocycles. The summed E-state index contributed by atoms with van der Waals surface area (Å²) in [6, 6.07) is 14.0. The third-order valence-electron chi connectivity index (χ3n) is 3.00. The largest absolute Gasteiger partial charge is 0.298 e. The van der Waals surface area contributed by atoms with Gasteiger partial charge in [-0.2, -0.15) is 0 Å². The second-order valence-electron chi connectivity index (χ2n) is 4.44. The van der Waals surface area contributed by atoms with Gasteiger partial charge in [0.1, 0.15) is 0 Å². The Hall–Kier alpha value is -2.15. The highest BCUT2D eigenvalue weighted by Crippen LogP contribution is 2.16. The predicted molar refractivity (Wildman–Crippen MR) is 76.7 cm³/mol. The van der Waals surface area contributed by atoms with Gasteiger partial charge in [-0.25, -0.2) is 0 Å². The van der Waals surface area contributed by atoms with Gasteiger partial charge in [0.05, 0.1) is 0 Å². The second-order valence-corrected chi connectivity index (χ2v) is 4.44. The van der Waals surface area contributed by atoms with Crippen LogP contribution in [0.2, 0.25) is 0 Å². The van der Waals surface area contributed by atoms with Gasteiger partial charge in [-0.1, -0.05) is 60.2 Å². The van der Waals surface area contributed by atoms with Gasteiger partial charge < -0.3 is 0 Å². The molecule has 0 fully saturated rings. The first kappa shape index (κ1) is 12.3. The Morgan fingerprint density at radius 3 is 2.22 bits per heavy atom. The van der Waals surface area contributed by atoms with Crippen molar-refractivity contribution in [1.82, 2.24) is 0 Å². The van der Waals surface area contributed by atoms with Crippen molar-refractivity contribution in [2.45, 2.75) is 13.8 Å². The summed E-state index contributed by atoms with van der Waals surface area (Å²) in [6.07, 6.45) is 4.94. The predicted octanol–water partition coefficient (Wildman–Crippen LogP) is 4.29. The Balaban J connectivity index is 2.35. The van der Waals surface area contributed by atoms with Crippen molar-refractivity contribution in [2.75, 3.05) is 0 Å². The van der Waals surface area contributed by atoms with E-state index >= 15 is 0 Å². The van der Waals surface area contributed by atoms with E-state index in [0.29, 0.717) is 0 Å². The maximum atomic E-state index is 10.9. The highest BCUT2D eigenvalue weighted by molar-refractivity contribution is 5.85. The summed E-state index contributed by atoms with van der Waals surface area (Å²) in [6.45, 7) is 4.17. The fourth-order valence-electron chi connectivity index (χ4n) is 1.89. The smallest absolute Gasteiger partial charge is 0.150 e. The molecule has 0 amide bonds. The molecule has 2 aromatic carbocycles. The SMILES string of the molecule is Cc1ccc(C)c(/C=C/c2ccccc2C=O)c1. The molecule has 2 aromatic rings. The topological polar surface area (TPSA) is 17.1 Å². The summed E-state index contributed by atoms with van der Waals surface area (Å²) < 4.78 is 0. The van der Waals surface area contributed by atoms with Gasteiger partial charge in [0, 0.05) is 5.56 Å². The molecule has 0 aliphatic heterocycles. The van der Waals surface area contributed by atoms with E-state index in [9.17, 15) is 4.79 Å². The van der Waals surface area contributed by atoms with Gasteiger partial charge in [-0.05, 0) is 30.5 Å². The lowest BCUT2D eigenvalue weighted by molar-refractivity contribution is 0.112. The molecule has 0 unspecified atom stereocenters. The molecule has 0 aromatic heterocycles. The zero-order chi connectivity index (χ0) is 13.0. The number of carbonyl (C=O) groups excluding carboxylic acids is 1. The molecule has 0 atom stereocenters. The quantitative estimate of drug-likeness (QED) is 0.574. The van der Waals surface area contributed by atoms with E-state index < -0.39 is 0 Å². The average Bonchev–Trinajstić information content (AvgIpc) is 2.40. The summed E-state index contributed by atoms with van der Waals surface area (Å²) in [5.74, 6) is 0. The first-order chi connectivity index (χ1) is 8.70. The van der Waals surface area contributed by atoms with E-state index in [2.05, 4.69) is 38.1 Å². The van der Waals surface area contributed by atoms with E-state index in [4.69, 9.17) is 0 Å². The minimum absolute atomic E-state index is 0.721. The van der Waals surface area contributed by atoms with Crippen LogP contribution in [0.25, 0.3) is 12.2 Å². The van der Waals surface area contributed by atoms with Crippen LogP contribution in [0.5, 0.6) is 0 Å². The van der Waals surface area contributed by atoms with Crippen LogP contribution in [0.4, 0.5) is 0 Å². The van der Waals surface area contributed by atoms with E-state index in [-0.39, 0.29) is 0 Å². The number of hydrogen-bond donors (Lipinski definition) is 0. The number of hydrogen-bond acceptors (Lipinski definition) is 1. The number of aldehydes is 1. The normalized spacial score (nSPS) is 10.8. The Labute approximate surface area is 108 Å². The number of aryl methyl sites for hydroxylation is 2. The third-order valence-corrected chi connectivity index (χ3v) is 3.00. The highest BCUT2D eigenvalue weighted by Gasteiger charge is 1.97. The molecular formula is C17H16O. The zero-order valence-corrected chi connectivity index (χ0v) is 10.7. The number of carbonyl (C=O) groups is 1. The van der Waals surface area contributed by atoms with Gasteiger partial charge in [-0.3, -0.25) is 4.79 Å². The van der Waals surface area contributed by atoms with Crippen molar-refractivity contribution in [2.24, 2.45) is 0 Å². The molecule has 0 radical (unpaired) electrons. The summed E-state index contributed by atoms with van der Waals surface area (Å²) in [7, 11) is 0. The number of rotatable bonds is 3. The van der Waals surface area contributed by atoms with Crippen LogP contribution in [0.1, 0.15) is 32.6 Å². The Bertz CT molecular complexity index is 594. The standard InChI is InChI=1S/C17H16O/c1-13-7-8-14(2)16(11-13)10-9-15-5-3-4-6-17(15)12-18/h3-12H,1-2H3/b10-9+. The van der Waals surface area contributed by atoms with E-state index in [1.165, 1.54) is 16.7 Å². The average molecular weight is 236 g/mol. The highest BCUT2D eigenvalue weighted by atomic mass is 16.1. The van der Waals surface area contributed by atoms with Gasteiger partial charge in [0.2, 0.25) is 0 Å². The second kappa shape index (κ2) is 5.46. The summed E-state index contributed by atoms with van der Waals surface area (Å²) in [5, 5.41) is 0. The van der Waals surface area contributed by atoms with Crippen LogP contribution >= 0.6 is 0 Å².